The first-order valence-corrected chi connectivity index (χ1v) is 13.4. The quantitative estimate of drug-likeness (QED) is 0.405. The smallest absolute Gasteiger partial charge is 0.349 e. The molecule has 4 rings (SSSR count). The molecule has 2 atom stereocenters. The third-order valence-corrected chi connectivity index (χ3v) is 8.22. The summed E-state index contributed by atoms with van der Waals surface area (Å²) in [6.45, 7) is 1.87. The Morgan fingerprint density at radius 3 is 2.36 bits per heavy atom. The van der Waals surface area contributed by atoms with Crippen LogP contribution in [0, 0.1) is 17.6 Å². The molecular formula is C25H24F5N5O3S. The van der Waals surface area contributed by atoms with E-state index in [1.54, 1.807) is 0 Å². The molecule has 0 aliphatic carbocycles. The highest BCUT2D eigenvalue weighted by atomic mass is 32.2. The number of nitrogens with zero attached hydrogens (tertiary/aromatic N) is 4. The molecule has 3 aromatic rings. The van der Waals surface area contributed by atoms with E-state index in [0.29, 0.717) is 6.42 Å². The first-order chi connectivity index (χ1) is 18.4. The monoisotopic (exact) mass is 569 g/mol. The number of sulfonamides is 1. The number of hydrogen-bond acceptors (Lipinski definition) is 6. The van der Waals surface area contributed by atoms with Crippen LogP contribution in [-0.2, 0) is 27.5 Å². The fourth-order valence-corrected chi connectivity index (χ4v) is 6.14. The molecule has 2 unspecified atom stereocenters. The van der Waals surface area contributed by atoms with Gasteiger partial charge in [-0.2, -0.15) is 17.5 Å². The van der Waals surface area contributed by atoms with E-state index in [1.807, 2.05) is 6.92 Å². The summed E-state index contributed by atoms with van der Waals surface area (Å²) in [6, 6.07) is 4.55. The summed E-state index contributed by atoms with van der Waals surface area (Å²) < 4.78 is 93.7. The van der Waals surface area contributed by atoms with E-state index >= 15 is 0 Å². The summed E-state index contributed by atoms with van der Waals surface area (Å²) in [5.74, 6) is -3.45. The molecule has 0 radical (unpaired) electrons. The predicted octanol–water partition coefficient (Wildman–Crippen LogP) is 4.33. The zero-order valence-corrected chi connectivity index (χ0v) is 21.4. The molecule has 1 saturated heterocycles. The molecule has 1 aliphatic heterocycles. The Hall–Kier alpha value is -3.52. The highest BCUT2D eigenvalue weighted by molar-refractivity contribution is 7.89. The van der Waals surface area contributed by atoms with Gasteiger partial charge in [-0.1, -0.05) is 13.3 Å². The molecule has 0 spiro atoms. The molecule has 0 saturated carbocycles. The SMILES string of the molecule is CCCC1CC(C(=O)NCc2cc(-c3cnc(C(F)(F)F)nc3)c(F)cn2)N(S(=O)(=O)c2ccc(F)cc2)C1. The lowest BCUT2D eigenvalue weighted by molar-refractivity contribution is -0.145. The van der Waals surface area contributed by atoms with Crippen molar-refractivity contribution in [3.8, 4) is 11.1 Å². The Bertz CT molecular complexity index is 1430. The molecule has 2 aromatic heterocycles. The maximum absolute atomic E-state index is 14.4. The summed E-state index contributed by atoms with van der Waals surface area (Å²) in [6.07, 6.45) is -0.448. The van der Waals surface area contributed by atoms with E-state index in [-0.39, 0.29) is 47.1 Å². The van der Waals surface area contributed by atoms with Gasteiger partial charge in [0.2, 0.25) is 21.8 Å². The van der Waals surface area contributed by atoms with Crippen LogP contribution < -0.4 is 5.32 Å². The number of pyridine rings is 1. The first-order valence-electron chi connectivity index (χ1n) is 12.0. The second-order valence-electron chi connectivity index (χ2n) is 9.10. The minimum atomic E-state index is -4.75. The van der Waals surface area contributed by atoms with Crippen LogP contribution in [0.1, 0.15) is 37.7 Å². The van der Waals surface area contributed by atoms with Crippen LogP contribution in [0.2, 0.25) is 0 Å². The lowest BCUT2D eigenvalue weighted by Crippen LogP contribution is -2.45. The van der Waals surface area contributed by atoms with Gasteiger partial charge in [-0.25, -0.2) is 27.2 Å². The third kappa shape index (κ3) is 6.38. The minimum absolute atomic E-state index is 0.0229. The van der Waals surface area contributed by atoms with Gasteiger partial charge in [0.05, 0.1) is 23.3 Å². The maximum atomic E-state index is 14.4. The fourth-order valence-electron chi connectivity index (χ4n) is 4.46. The predicted molar refractivity (Wildman–Crippen MR) is 129 cm³/mol. The van der Waals surface area contributed by atoms with E-state index in [9.17, 15) is 35.2 Å². The van der Waals surface area contributed by atoms with Gasteiger partial charge in [-0.3, -0.25) is 9.78 Å². The van der Waals surface area contributed by atoms with Crippen molar-refractivity contribution in [3.63, 3.8) is 0 Å². The molecule has 1 amide bonds. The number of halogens is 5. The van der Waals surface area contributed by atoms with Crippen molar-refractivity contribution in [3.05, 3.63) is 72.1 Å². The van der Waals surface area contributed by atoms with Crippen molar-refractivity contribution in [2.75, 3.05) is 6.54 Å². The van der Waals surface area contributed by atoms with Crippen LogP contribution in [0.5, 0.6) is 0 Å². The summed E-state index contributed by atoms with van der Waals surface area (Å²) in [7, 11) is -4.10. The van der Waals surface area contributed by atoms with Gasteiger partial charge in [0.25, 0.3) is 0 Å². The molecule has 8 nitrogen and oxygen atoms in total. The highest BCUT2D eigenvalue weighted by Gasteiger charge is 2.43. The molecule has 208 valence electrons. The minimum Gasteiger partial charge on any atom is -0.349 e. The number of carbonyl (C=O) groups is 1. The van der Waals surface area contributed by atoms with Gasteiger partial charge in [-0.15, -0.1) is 0 Å². The van der Waals surface area contributed by atoms with E-state index in [1.165, 1.54) is 6.07 Å². The van der Waals surface area contributed by atoms with E-state index < -0.39 is 45.6 Å². The van der Waals surface area contributed by atoms with E-state index in [2.05, 4.69) is 20.3 Å². The molecule has 1 N–H and O–H groups in total. The molecule has 39 heavy (non-hydrogen) atoms. The molecule has 1 aliphatic rings. The molecule has 3 heterocycles. The Morgan fingerprint density at radius 2 is 1.74 bits per heavy atom. The van der Waals surface area contributed by atoms with Crippen LogP contribution in [0.3, 0.4) is 0 Å². The fraction of sp³-hybridized carbons (Fsp3) is 0.360. The van der Waals surface area contributed by atoms with Crippen LogP contribution in [0.15, 0.2) is 53.8 Å². The number of aromatic nitrogens is 3. The standard InChI is InChI=1S/C25H24F5N5O3S/c1-2-3-15-8-22(35(14-15)39(37,38)19-6-4-17(26)5-7-19)23(36)32-12-18-9-20(21(27)13-31-18)16-10-33-24(34-11-16)25(28,29)30/h4-7,9-11,13,15,22H,2-3,8,12,14H2,1H3,(H,32,36). The second kappa shape index (κ2) is 11.3. The van der Waals surface area contributed by atoms with Crippen LogP contribution in [0.4, 0.5) is 22.0 Å². The number of nitrogens with one attached hydrogen (secondary N) is 1. The largest absolute Gasteiger partial charge is 0.451 e. The Morgan fingerprint density at radius 1 is 1.08 bits per heavy atom. The van der Waals surface area contributed by atoms with Crippen molar-refractivity contribution in [1.82, 2.24) is 24.6 Å². The highest BCUT2D eigenvalue weighted by Crippen LogP contribution is 2.32. The molecule has 14 heteroatoms. The van der Waals surface area contributed by atoms with Crippen molar-refractivity contribution in [2.45, 2.75) is 49.8 Å². The van der Waals surface area contributed by atoms with Gasteiger partial charge in [0, 0.05) is 30.1 Å². The average molecular weight is 570 g/mol. The summed E-state index contributed by atoms with van der Waals surface area (Å²) in [4.78, 5) is 23.4. The lowest BCUT2D eigenvalue weighted by Gasteiger charge is -2.23. The Kier molecular flexibility index (Phi) is 8.25. The number of rotatable bonds is 8. The zero-order chi connectivity index (χ0) is 28.4. The van der Waals surface area contributed by atoms with Gasteiger partial charge >= 0.3 is 6.18 Å². The summed E-state index contributed by atoms with van der Waals surface area (Å²) in [5.41, 5.74) is 0.0355. The van der Waals surface area contributed by atoms with Crippen LogP contribution in [0.25, 0.3) is 11.1 Å². The van der Waals surface area contributed by atoms with Crippen LogP contribution in [-0.4, -0.2) is 46.2 Å². The van der Waals surface area contributed by atoms with Crippen LogP contribution >= 0.6 is 0 Å². The molecular weight excluding hydrogens is 545 g/mol. The van der Waals surface area contributed by atoms with Crippen molar-refractivity contribution in [2.24, 2.45) is 5.92 Å². The van der Waals surface area contributed by atoms with E-state index in [0.717, 1.165) is 53.6 Å². The number of alkyl halides is 3. The lowest BCUT2D eigenvalue weighted by atomic mass is 10.0. The number of benzene rings is 1. The van der Waals surface area contributed by atoms with Gasteiger partial charge < -0.3 is 5.32 Å². The molecule has 1 aromatic carbocycles. The average Bonchev–Trinajstić information content (AvgIpc) is 3.33. The van der Waals surface area contributed by atoms with Crippen molar-refractivity contribution >= 4 is 15.9 Å². The van der Waals surface area contributed by atoms with Gasteiger partial charge in [0.1, 0.15) is 17.7 Å². The molecule has 1 fully saturated rings. The first kappa shape index (κ1) is 28.5. The van der Waals surface area contributed by atoms with Crippen molar-refractivity contribution < 1.29 is 35.2 Å². The van der Waals surface area contributed by atoms with Crippen molar-refractivity contribution in [1.29, 1.82) is 0 Å². The topological polar surface area (TPSA) is 105 Å². The number of hydrogen-bond donors (Lipinski definition) is 1. The normalized spacial score (nSPS) is 18.3. The summed E-state index contributed by atoms with van der Waals surface area (Å²) in [5, 5.41) is 2.62. The summed E-state index contributed by atoms with van der Waals surface area (Å²) >= 11 is 0. The van der Waals surface area contributed by atoms with E-state index in [4.69, 9.17) is 0 Å². The Labute approximate surface area is 221 Å². The zero-order valence-electron chi connectivity index (χ0n) is 20.6. The Balaban J connectivity index is 1.52. The van der Waals surface area contributed by atoms with Gasteiger partial charge in [-0.05, 0) is 49.1 Å². The maximum Gasteiger partial charge on any atom is 0.451 e. The second-order valence-corrected chi connectivity index (χ2v) is 11.0. The number of carbonyl (C=O) groups excluding carboxylic acids is 1. The molecule has 0 bridgehead atoms. The van der Waals surface area contributed by atoms with Gasteiger partial charge in [0.15, 0.2) is 0 Å². The number of amides is 1. The third-order valence-electron chi connectivity index (χ3n) is 6.33.